The monoisotopic (exact) mass is 278 g/mol. The summed E-state index contributed by atoms with van der Waals surface area (Å²) in [6.07, 6.45) is -4.30. The van der Waals surface area contributed by atoms with Gasteiger partial charge in [0.05, 0.1) is 12.2 Å². The molecule has 6 nitrogen and oxygen atoms in total. The van der Waals surface area contributed by atoms with E-state index >= 15 is 0 Å². The summed E-state index contributed by atoms with van der Waals surface area (Å²) in [5.41, 5.74) is 0. The van der Waals surface area contributed by atoms with E-state index in [1.54, 1.807) is 0 Å². The van der Waals surface area contributed by atoms with E-state index in [2.05, 4.69) is 18.1 Å². The van der Waals surface area contributed by atoms with Crippen molar-refractivity contribution in [2.75, 3.05) is 0 Å². The molecule has 2 saturated heterocycles. The maximum Gasteiger partial charge on any atom is 0.513 e. The van der Waals surface area contributed by atoms with E-state index in [4.69, 9.17) is 0 Å². The average molecular weight is 278 g/mol. The molecule has 0 aromatic rings. The van der Waals surface area contributed by atoms with Crippen molar-refractivity contribution >= 4 is 15.8 Å². The van der Waals surface area contributed by atoms with Crippen LogP contribution in [-0.2, 0) is 27.2 Å². The zero-order valence-corrected chi connectivity index (χ0v) is 10.2. The number of fused-ring (bicyclic) bond motifs is 1. The first kappa shape index (κ1) is 12.6. The van der Waals surface area contributed by atoms with Crippen molar-refractivity contribution in [2.45, 2.75) is 38.3 Å². The highest BCUT2D eigenvalue weighted by molar-refractivity contribution is 7.48. The molecule has 94 valence electrons. The maximum atomic E-state index is 13.1. The van der Waals surface area contributed by atoms with E-state index in [0.717, 1.165) is 0 Å². The Kier molecular flexibility index (Phi) is 3.02. The summed E-state index contributed by atoms with van der Waals surface area (Å²) in [5, 5.41) is 0. The normalized spacial score (nSPS) is 58.0. The minimum absolute atomic E-state index is 1.04. The van der Waals surface area contributed by atoms with Gasteiger partial charge in [-0.05, 0) is 13.8 Å². The summed E-state index contributed by atoms with van der Waals surface area (Å²) in [4.78, 5) is 0. The first-order chi connectivity index (χ1) is 7.20. The van der Waals surface area contributed by atoms with Gasteiger partial charge in [0, 0.05) is 0 Å². The van der Waals surface area contributed by atoms with Crippen LogP contribution in [-0.4, -0.2) is 24.4 Å². The van der Waals surface area contributed by atoms with Gasteiger partial charge in [0.25, 0.3) is 0 Å². The standard InChI is InChI=1S/C6H10F2O6P2/c1-3-5-6(14-15(7,9)11-3)4(2)12-16(8,10)13-5/h3-6H,1-2H3. The van der Waals surface area contributed by atoms with Gasteiger partial charge in [0.1, 0.15) is 12.2 Å². The second kappa shape index (κ2) is 3.83. The predicted molar refractivity (Wildman–Crippen MR) is 48.3 cm³/mol. The van der Waals surface area contributed by atoms with Gasteiger partial charge in [0.2, 0.25) is 0 Å². The molecule has 2 fully saturated rings. The van der Waals surface area contributed by atoms with Crippen molar-refractivity contribution in [1.29, 1.82) is 0 Å². The molecule has 2 aliphatic rings. The number of hydrogen-bond acceptors (Lipinski definition) is 6. The highest BCUT2D eigenvalue weighted by Gasteiger charge is 2.55. The van der Waals surface area contributed by atoms with Gasteiger partial charge >= 0.3 is 15.8 Å². The molecule has 0 saturated carbocycles. The summed E-state index contributed by atoms with van der Waals surface area (Å²) in [5.74, 6) is 0. The minimum atomic E-state index is -4.68. The lowest BCUT2D eigenvalue weighted by molar-refractivity contribution is -0.142. The Morgan fingerprint density at radius 2 is 1.12 bits per heavy atom. The summed E-state index contributed by atoms with van der Waals surface area (Å²) >= 11 is 0. The molecule has 6 unspecified atom stereocenters. The molecule has 0 aromatic heterocycles. The van der Waals surface area contributed by atoms with Gasteiger partial charge in [-0.25, -0.2) is 9.13 Å². The van der Waals surface area contributed by atoms with Crippen LogP contribution in [0.1, 0.15) is 13.8 Å². The summed E-state index contributed by atoms with van der Waals surface area (Å²) in [6, 6.07) is 0. The van der Waals surface area contributed by atoms with E-state index in [0.29, 0.717) is 0 Å². The zero-order valence-electron chi connectivity index (χ0n) is 8.41. The molecule has 6 atom stereocenters. The first-order valence-corrected chi connectivity index (χ1v) is 7.40. The summed E-state index contributed by atoms with van der Waals surface area (Å²) in [7, 11) is -9.37. The predicted octanol–water partition coefficient (Wildman–Crippen LogP) is 2.75. The van der Waals surface area contributed by atoms with Crippen LogP contribution in [0.2, 0.25) is 0 Å². The Morgan fingerprint density at radius 3 is 1.44 bits per heavy atom. The minimum Gasteiger partial charge on any atom is -0.278 e. The molecule has 16 heavy (non-hydrogen) atoms. The van der Waals surface area contributed by atoms with E-state index in [-0.39, 0.29) is 0 Å². The van der Waals surface area contributed by atoms with Crippen LogP contribution in [0.25, 0.3) is 0 Å². The lowest BCUT2D eigenvalue weighted by Gasteiger charge is -2.42. The highest BCUT2D eigenvalue weighted by atomic mass is 31.2. The quantitative estimate of drug-likeness (QED) is 0.634. The fourth-order valence-corrected chi connectivity index (χ4v) is 3.98. The average Bonchev–Trinajstić information content (AvgIpc) is 2.05. The van der Waals surface area contributed by atoms with Crippen molar-refractivity contribution in [1.82, 2.24) is 0 Å². The Hall–Kier alpha value is 0.160. The molecule has 0 aromatic carbocycles. The molecule has 0 amide bonds. The van der Waals surface area contributed by atoms with Crippen LogP contribution in [0.4, 0.5) is 8.39 Å². The molecule has 0 aliphatic carbocycles. The fourth-order valence-electron chi connectivity index (χ4n) is 1.68. The topological polar surface area (TPSA) is 71.1 Å². The number of hydrogen-bond donors (Lipinski definition) is 0. The molecule has 10 heteroatoms. The molecular weight excluding hydrogens is 268 g/mol. The van der Waals surface area contributed by atoms with Gasteiger partial charge in [-0.15, -0.1) is 8.39 Å². The third-order valence-electron chi connectivity index (χ3n) is 2.33. The van der Waals surface area contributed by atoms with Gasteiger partial charge in [-0.3, -0.25) is 18.1 Å². The maximum absolute atomic E-state index is 13.1. The molecule has 2 aliphatic heterocycles. The van der Waals surface area contributed by atoms with Gasteiger partial charge in [-0.2, -0.15) is 0 Å². The summed E-state index contributed by atoms with van der Waals surface area (Å²) in [6.45, 7) is 2.65. The second-order valence-electron chi connectivity index (χ2n) is 3.62. The third-order valence-corrected chi connectivity index (χ3v) is 4.49. The Labute approximate surface area is 90.5 Å². The first-order valence-electron chi connectivity index (χ1n) is 4.53. The van der Waals surface area contributed by atoms with E-state index in [1.165, 1.54) is 13.8 Å². The number of rotatable bonds is 0. The molecule has 0 N–H and O–H groups in total. The largest absolute Gasteiger partial charge is 0.513 e. The van der Waals surface area contributed by atoms with Crippen LogP contribution in [0, 0.1) is 0 Å². The fraction of sp³-hybridized carbons (Fsp3) is 1.00. The molecule has 0 bridgehead atoms. The highest BCUT2D eigenvalue weighted by Crippen LogP contribution is 2.63. The number of halogens is 2. The van der Waals surface area contributed by atoms with Crippen LogP contribution >= 0.6 is 15.8 Å². The SMILES string of the molecule is CC1OP(=O)(F)OC2C(C)OP(=O)(F)OC12. The van der Waals surface area contributed by atoms with Gasteiger partial charge in [-0.1, -0.05) is 0 Å². The Bertz CT molecular complexity index is 353. The zero-order chi connectivity index (χ0) is 12.1. The molecule has 0 radical (unpaired) electrons. The van der Waals surface area contributed by atoms with Crippen molar-refractivity contribution in [3.63, 3.8) is 0 Å². The lowest BCUT2D eigenvalue weighted by Crippen LogP contribution is -2.51. The Morgan fingerprint density at radius 1 is 0.812 bits per heavy atom. The summed E-state index contributed by atoms with van der Waals surface area (Å²) < 4.78 is 66.0. The molecule has 2 heterocycles. The molecule has 0 spiro atoms. The molecule has 2 rings (SSSR count). The molecular formula is C6H10F2O6P2. The van der Waals surface area contributed by atoms with Crippen molar-refractivity contribution in [2.24, 2.45) is 0 Å². The van der Waals surface area contributed by atoms with Gasteiger partial charge < -0.3 is 0 Å². The Balaban J connectivity index is 2.26. The van der Waals surface area contributed by atoms with Crippen LogP contribution in [0.5, 0.6) is 0 Å². The third kappa shape index (κ3) is 2.37. The smallest absolute Gasteiger partial charge is 0.278 e. The van der Waals surface area contributed by atoms with Crippen LogP contribution in [0.3, 0.4) is 0 Å². The second-order valence-corrected chi connectivity index (χ2v) is 6.19. The van der Waals surface area contributed by atoms with Crippen LogP contribution in [0.15, 0.2) is 0 Å². The van der Waals surface area contributed by atoms with E-state index < -0.39 is 40.2 Å². The van der Waals surface area contributed by atoms with Gasteiger partial charge in [0.15, 0.2) is 0 Å². The van der Waals surface area contributed by atoms with E-state index in [1.807, 2.05) is 0 Å². The van der Waals surface area contributed by atoms with Crippen LogP contribution < -0.4 is 0 Å². The van der Waals surface area contributed by atoms with Crippen molar-refractivity contribution in [3.05, 3.63) is 0 Å². The van der Waals surface area contributed by atoms with E-state index in [9.17, 15) is 17.5 Å². The van der Waals surface area contributed by atoms with Crippen molar-refractivity contribution < 1.29 is 35.6 Å². The lowest BCUT2D eigenvalue weighted by atomic mass is 10.1. The van der Waals surface area contributed by atoms with Crippen molar-refractivity contribution in [3.8, 4) is 0 Å².